The molecule has 6 nitrogen and oxygen atoms in total. The van der Waals surface area contributed by atoms with Crippen molar-refractivity contribution in [3.05, 3.63) is 35.9 Å². The van der Waals surface area contributed by atoms with Crippen molar-refractivity contribution in [1.82, 2.24) is 4.90 Å². The average molecular weight is 349 g/mol. The SMILES string of the molecule is CCOC(=O)/C=C\c1ccc(OCCN(C)C(=O)OC(C)(C)C)cc1. The number of ether oxygens (including phenoxy) is 3. The van der Waals surface area contributed by atoms with Crippen molar-refractivity contribution >= 4 is 18.1 Å². The van der Waals surface area contributed by atoms with Crippen LogP contribution in [-0.4, -0.2) is 49.4 Å². The summed E-state index contributed by atoms with van der Waals surface area (Å²) in [7, 11) is 1.67. The maximum absolute atomic E-state index is 11.8. The third kappa shape index (κ3) is 8.79. The van der Waals surface area contributed by atoms with Crippen LogP contribution in [0.5, 0.6) is 5.75 Å². The zero-order chi connectivity index (χ0) is 18.9. The van der Waals surface area contributed by atoms with Gasteiger partial charge in [-0.2, -0.15) is 0 Å². The van der Waals surface area contributed by atoms with Gasteiger partial charge in [-0.15, -0.1) is 0 Å². The second-order valence-electron chi connectivity index (χ2n) is 6.40. The molecule has 1 rings (SSSR count). The predicted octanol–water partition coefficient (Wildman–Crippen LogP) is 3.51. The Labute approximate surface area is 149 Å². The molecule has 6 heteroatoms. The Bertz CT molecular complexity index is 587. The first-order chi connectivity index (χ1) is 11.7. The van der Waals surface area contributed by atoms with Crippen molar-refractivity contribution in [1.29, 1.82) is 0 Å². The van der Waals surface area contributed by atoms with E-state index in [0.29, 0.717) is 25.5 Å². The van der Waals surface area contributed by atoms with Crippen LogP contribution >= 0.6 is 0 Å². The Morgan fingerprint density at radius 3 is 2.36 bits per heavy atom. The van der Waals surface area contributed by atoms with E-state index in [-0.39, 0.29) is 12.1 Å². The van der Waals surface area contributed by atoms with Crippen LogP contribution in [0.25, 0.3) is 6.08 Å². The highest BCUT2D eigenvalue weighted by Gasteiger charge is 2.19. The van der Waals surface area contributed by atoms with Crippen molar-refractivity contribution in [2.24, 2.45) is 0 Å². The summed E-state index contributed by atoms with van der Waals surface area (Å²) in [5, 5.41) is 0. The number of carbonyl (C=O) groups excluding carboxylic acids is 2. The Balaban J connectivity index is 2.41. The van der Waals surface area contributed by atoms with E-state index in [4.69, 9.17) is 14.2 Å². The molecule has 1 aromatic rings. The van der Waals surface area contributed by atoms with Gasteiger partial charge in [0, 0.05) is 13.1 Å². The lowest BCUT2D eigenvalue weighted by atomic mass is 10.2. The largest absolute Gasteiger partial charge is 0.492 e. The van der Waals surface area contributed by atoms with Crippen LogP contribution in [0.2, 0.25) is 0 Å². The van der Waals surface area contributed by atoms with E-state index in [0.717, 1.165) is 5.56 Å². The summed E-state index contributed by atoms with van der Waals surface area (Å²) < 4.78 is 15.7. The molecular formula is C19H27NO5. The van der Waals surface area contributed by atoms with Gasteiger partial charge in [-0.3, -0.25) is 0 Å². The molecule has 0 unspecified atom stereocenters. The minimum Gasteiger partial charge on any atom is -0.492 e. The van der Waals surface area contributed by atoms with Crippen LogP contribution in [0, 0.1) is 0 Å². The molecule has 1 aromatic carbocycles. The quantitative estimate of drug-likeness (QED) is 0.557. The smallest absolute Gasteiger partial charge is 0.410 e. The highest BCUT2D eigenvalue weighted by atomic mass is 16.6. The summed E-state index contributed by atoms with van der Waals surface area (Å²) in [6.07, 6.45) is 2.68. The molecule has 138 valence electrons. The number of esters is 1. The standard InChI is InChI=1S/C19H27NO5/c1-6-23-17(21)12-9-15-7-10-16(11-8-15)24-14-13-20(5)18(22)25-19(2,3)4/h7-12H,6,13-14H2,1-5H3/b12-9-. The van der Waals surface area contributed by atoms with Gasteiger partial charge in [0.2, 0.25) is 0 Å². The van der Waals surface area contributed by atoms with Gasteiger partial charge >= 0.3 is 12.1 Å². The fraction of sp³-hybridized carbons (Fsp3) is 0.474. The molecule has 0 bridgehead atoms. The van der Waals surface area contributed by atoms with Crippen molar-refractivity contribution < 1.29 is 23.8 Å². The minimum absolute atomic E-state index is 0.355. The zero-order valence-corrected chi connectivity index (χ0v) is 15.6. The summed E-state index contributed by atoms with van der Waals surface area (Å²) in [6.45, 7) is 8.37. The highest BCUT2D eigenvalue weighted by Crippen LogP contribution is 2.14. The van der Waals surface area contributed by atoms with Crippen LogP contribution < -0.4 is 4.74 Å². The van der Waals surface area contributed by atoms with Gasteiger partial charge in [0.25, 0.3) is 0 Å². The molecule has 0 aliphatic heterocycles. The predicted molar refractivity (Wildman–Crippen MR) is 96.5 cm³/mol. The number of hydrogen-bond acceptors (Lipinski definition) is 5. The molecule has 0 radical (unpaired) electrons. The molecule has 0 heterocycles. The van der Waals surface area contributed by atoms with Crippen molar-refractivity contribution in [3.63, 3.8) is 0 Å². The first-order valence-electron chi connectivity index (χ1n) is 8.23. The van der Waals surface area contributed by atoms with E-state index < -0.39 is 5.60 Å². The Morgan fingerprint density at radius 1 is 1.16 bits per heavy atom. The normalized spacial score (nSPS) is 11.2. The fourth-order valence-electron chi connectivity index (χ4n) is 1.76. The molecule has 0 saturated heterocycles. The molecule has 0 N–H and O–H groups in total. The maximum Gasteiger partial charge on any atom is 0.410 e. The van der Waals surface area contributed by atoms with Crippen molar-refractivity contribution in [3.8, 4) is 5.75 Å². The summed E-state index contributed by atoms with van der Waals surface area (Å²) in [4.78, 5) is 24.5. The number of benzene rings is 1. The molecule has 25 heavy (non-hydrogen) atoms. The number of hydrogen-bond donors (Lipinski definition) is 0. The Morgan fingerprint density at radius 2 is 1.80 bits per heavy atom. The van der Waals surface area contributed by atoms with E-state index in [1.807, 2.05) is 32.9 Å². The number of rotatable bonds is 7. The molecule has 0 atom stereocenters. The lowest BCUT2D eigenvalue weighted by Gasteiger charge is -2.24. The molecular weight excluding hydrogens is 322 g/mol. The number of amides is 1. The van der Waals surface area contributed by atoms with E-state index in [9.17, 15) is 9.59 Å². The van der Waals surface area contributed by atoms with Gasteiger partial charge in [0.15, 0.2) is 0 Å². The van der Waals surface area contributed by atoms with Crippen molar-refractivity contribution in [2.45, 2.75) is 33.3 Å². The van der Waals surface area contributed by atoms with Crippen LogP contribution in [0.4, 0.5) is 4.79 Å². The van der Waals surface area contributed by atoms with E-state index in [1.54, 1.807) is 32.2 Å². The number of carbonyl (C=O) groups is 2. The van der Waals surface area contributed by atoms with Gasteiger partial charge in [0.1, 0.15) is 18.0 Å². The third-order valence-electron chi connectivity index (χ3n) is 2.98. The number of likely N-dealkylation sites (N-methyl/N-ethyl adjacent to an activating group) is 1. The fourth-order valence-corrected chi connectivity index (χ4v) is 1.76. The monoisotopic (exact) mass is 349 g/mol. The van der Waals surface area contributed by atoms with E-state index >= 15 is 0 Å². The molecule has 0 aliphatic rings. The molecule has 0 saturated carbocycles. The molecule has 0 aliphatic carbocycles. The molecule has 0 aromatic heterocycles. The Kier molecular flexibility index (Phi) is 7.98. The summed E-state index contributed by atoms with van der Waals surface area (Å²) >= 11 is 0. The van der Waals surface area contributed by atoms with E-state index in [1.165, 1.54) is 11.0 Å². The van der Waals surface area contributed by atoms with E-state index in [2.05, 4.69) is 0 Å². The highest BCUT2D eigenvalue weighted by molar-refractivity contribution is 5.87. The van der Waals surface area contributed by atoms with Gasteiger partial charge in [-0.05, 0) is 51.5 Å². The lowest BCUT2D eigenvalue weighted by molar-refractivity contribution is -0.137. The average Bonchev–Trinajstić information content (AvgIpc) is 2.52. The molecule has 0 fully saturated rings. The maximum atomic E-state index is 11.8. The molecule has 1 amide bonds. The minimum atomic E-state index is -0.515. The van der Waals surface area contributed by atoms with Crippen LogP contribution in [-0.2, 0) is 14.3 Å². The van der Waals surface area contributed by atoms with Gasteiger partial charge < -0.3 is 19.1 Å². The summed E-state index contributed by atoms with van der Waals surface area (Å²) in [6, 6.07) is 7.28. The van der Waals surface area contributed by atoms with Crippen LogP contribution in [0.1, 0.15) is 33.3 Å². The second-order valence-corrected chi connectivity index (χ2v) is 6.40. The molecule has 0 spiro atoms. The van der Waals surface area contributed by atoms with Crippen molar-refractivity contribution in [2.75, 3.05) is 26.8 Å². The topological polar surface area (TPSA) is 65.1 Å². The van der Waals surface area contributed by atoms with Gasteiger partial charge in [-0.25, -0.2) is 9.59 Å². The number of nitrogens with zero attached hydrogens (tertiary/aromatic N) is 1. The third-order valence-corrected chi connectivity index (χ3v) is 2.98. The van der Waals surface area contributed by atoms with Crippen LogP contribution in [0.15, 0.2) is 30.3 Å². The summed E-state index contributed by atoms with van der Waals surface area (Å²) in [5.74, 6) is 0.318. The lowest BCUT2D eigenvalue weighted by Crippen LogP contribution is -2.36. The zero-order valence-electron chi connectivity index (χ0n) is 15.6. The second kappa shape index (κ2) is 9.71. The van der Waals surface area contributed by atoms with Gasteiger partial charge in [0.05, 0.1) is 13.2 Å². The van der Waals surface area contributed by atoms with Crippen LogP contribution in [0.3, 0.4) is 0 Å². The van der Waals surface area contributed by atoms with Gasteiger partial charge in [-0.1, -0.05) is 12.1 Å². The Hall–Kier alpha value is -2.50. The first kappa shape index (κ1) is 20.5. The summed E-state index contributed by atoms with van der Waals surface area (Å²) in [5.41, 5.74) is 0.352. The first-order valence-corrected chi connectivity index (χ1v) is 8.23.